The molecule has 0 unspecified atom stereocenters. The maximum atomic E-state index is 2.43. The third kappa shape index (κ3) is 16.5. The summed E-state index contributed by atoms with van der Waals surface area (Å²) in [6.07, 6.45) is 2.85. The third-order valence-corrected chi connectivity index (χ3v) is 31.0. The van der Waals surface area contributed by atoms with Crippen molar-refractivity contribution in [2.75, 3.05) is 0 Å². The van der Waals surface area contributed by atoms with E-state index >= 15 is 0 Å². The molecule has 147 heavy (non-hydrogen) atoms. The van der Waals surface area contributed by atoms with Gasteiger partial charge in [0.1, 0.15) is 0 Å². The third-order valence-electron chi connectivity index (χ3n) is 31.0. The summed E-state index contributed by atoms with van der Waals surface area (Å²) in [5.74, 6) is 0. The van der Waals surface area contributed by atoms with Crippen molar-refractivity contribution >= 4 is 64.6 Å². The molecule has 0 bridgehead atoms. The Morgan fingerprint density at radius 3 is 0.551 bits per heavy atom. The zero-order valence-corrected chi connectivity index (χ0v) is 81.2. The van der Waals surface area contributed by atoms with Crippen LogP contribution in [0.1, 0.15) is 33.4 Å². The van der Waals surface area contributed by atoms with Gasteiger partial charge in [-0.15, -0.1) is 0 Å². The van der Waals surface area contributed by atoms with Gasteiger partial charge in [0.15, 0.2) is 0 Å². The van der Waals surface area contributed by atoms with E-state index in [0.717, 1.165) is 19.3 Å². The molecule has 0 saturated heterocycles. The van der Waals surface area contributed by atoms with Crippen LogP contribution in [-0.2, 0) is 19.3 Å². The predicted octanol–water partition coefficient (Wildman–Crippen LogP) is 40.0. The van der Waals surface area contributed by atoms with E-state index in [1.807, 2.05) is 0 Å². The molecule has 0 aliphatic heterocycles. The predicted molar refractivity (Wildman–Crippen MR) is 625 cm³/mol. The van der Waals surface area contributed by atoms with Crippen molar-refractivity contribution in [1.29, 1.82) is 0 Å². The van der Waals surface area contributed by atoms with E-state index in [-0.39, 0.29) is 0 Å². The molecule has 0 saturated carbocycles. The molecule has 0 amide bonds. The van der Waals surface area contributed by atoms with Crippen molar-refractivity contribution in [2.24, 2.45) is 0 Å². The quantitative estimate of drug-likeness (QED) is 0.0952. The van der Waals surface area contributed by atoms with Crippen LogP contribution in [0.15, 0.2) is 558 Å². The molecule has 0 N–H and O–H groups in total. The fourth-order valence-electron chi connectivity index (χ4n) is 23.5. The first kappa shape index (κ1) is 87.3. The monoisotopic (exact) mass is 1860 g/mol. The zero-order valence-electron chi connectivity index (χ0n) is 81.2. The number of hydrogen-bond acceptors (Lipinski definition) is 0. The van der Waals surface area contributed by atoms with Gasteiger partial charge in [0.25, 0.3) is 0 Å². The summed E-state index contributed by atoms with van der Waals surface area (Å²) in [7, 11) is 0. The highest BCUT2D eigenvalue weighted by molar-refractivity contribution is 6.27. The lowest BCUT2D eigenvalue weighted by molar-refractivity contribution is 1.26. The highest BCUT2D eigenvalue weighted by Gasteiger charge is 2.28. The Kier molecular flexibility index (Phi) is 22.3. The summed E-state index contributed by atoms with van der Waals surface area (Å²) < 4.78 is 0. The minimum absolute atomic E-state index is 0.920. The molecule has 0 aromatic heterocycles. The SMILES string of the molecule is c1ccc(-c2ccc(-c3cccc(-c4ccc5c(c4)-c4cc(-c6cccc(-c7ccc(-c8ccccc8)cc7)c6)ccc4C5)c3)cc2)cc1.c1ccc(-c2ccc(-c3cccc(-c4ccc5c(c4)-c4cccc(-c6ccc7c8ccccc8c8ccccc8c7c6)c4C5)c3)cc2)cc1.c1ccc(-c2ccc(-c3cccc(-c4cccc5c4Cc4c(-c6ccc7c8ccccc8c8ccccc8c7c6)cccc4-5)c3)cc2)cc1. The molecule has 0 fully saturated rings. The molecule has 0 nitrogen and oxygen atoms in total. The second kappa shape index (κ2) is 37.6. The van der Waals surface area contributed by atoms with E-state index in [4.69, 9.17) is 0 Å². The lowest BCUT2D eigenvalue weighted by atomic mass is 9.90. The Hall–Kier alpha value is -18.7. The summed E-state index contributed by atoms with van der Waals surface area (Å²) >= 11 is 0. The van der Waals surface area contributed by atoms with Crippen molar-refractivity contribution < 1.29 is 0 Å². The molecule has 686 valence electrons. The summed E-state index contributed by atoms with van der Waals surface area (Å²) in [6, 6.07) is 205. The highest BCUT2D eigenvalue weighted by Crippen LogP contribution is 2.51. The van der Waals surface area contributed by atoms with Crippen LogP contribution in [0.3, 0.4) is 0 Å². The Balaban J connectivity index is 0.000000109. The van der Waals surface area contributed by atoms with Crippen LogP contribution < -0.4 is 0 Å². The molecule has 0 spiro atoms. The molecular weight excluding hydrogens is 1770 g/mol. The van der Waals surface area contributed by atoms with Gasteiger partial charge in [-0.1, -0.05) is 504 Å². The van der Waals surface area contributed by atoms with Gasteiger partial charge in [-0.3, -0.25) is 0 Å². The van der Waals surface area contributed by atoms with E-state index in [1.165, 1.54) is 287 Å². The van der Waals surface area contributed by atoms with E-state index in [1.54, 1.807) is 0 Å². The van der Waals surface area contributed by atoms with Crippen LogP contribution in [-0.4, -0.2) is 0 Å². The fraction of sp³-hybridized carbons (Fsp3) is 0.0204. The molecular formula is C147H98. The van der Waals surface area contributed by atoms with Gasteiger partial charge in [-0.25, -0.2) is 0 Å². The van der Waals surface area contributed by atoms with Crippen LogP contribution in [0.25, 0.3) is 254 Å². The van der Waals surface area contributed by atoms with Crippen LogP contribution in [0, 0.1) is 0 Å². The molecule has 3 aliphatic carbocycles. The van der Waals surface area contributed by atoms with Gasteiger partial charge in [0.2, 0.25) is 0 Å². The van der Waals surface area contributed by atoms with E-state index in [2.05, 4.69) is 558 Å². The van der Waals surface area contributed by atoms with Gasteiger partial charge in [0.05, 0.1) is 0 Å². The normalized spacial score (nSPS) is 11.9. The van der Waals surface area contributed by atoms with Crippen LogP contribution in [0.4, 0.5) is 0 Å². The van der Waals surface area contributed by atoms with Crippen molar-refractivity contribution in [3.05, 3.63) is 591 Å². The summed E-state index contributed by atoms with van der Waals surface area (Å²) in [5.41, 5.74) is 51.6. The van der Waals surface area contributed by atoms with E-state index in [0.29, 0.717) is 0 Å². The van der Waals surface area contributed by atoms with E-state index < -0.39 is 0 Å². The van der Waals surface area contributed by atoms with Crippen LogP contribution in [0.2, 0.25) is 0 Å². The van der Waals surface area contributed by atoms with Gasteiger partial charge >= 0.3 is 0 Å². The molecule has 26 aromatic carbocycles. The number of rotatable bonds is 14. The maximum absolute atomic E-state index is 2.43. The number of fused-ring (bicyclic) bond motifs is 21. The van der Waals surface area contributed by atoms with Crippen molar-refractivity contribution in [3.8, 4) is 189 Å². The average molecular weight is 1860 g/mol. The van der Waals surface area contributed by atoms with Crippen molar-refractivity contribution in [3.63, 3.8) is 0 Å². The summed E-state index contributed by atoms with van der Waals surface area (Å²) in [4.78, 5) is 0. The lowest BCUT2D eigenvalue weighted by Crippen LogP contribution is -1.91. The van der Waals surface area contributed by atoms with Gasteiger partial charge in [-0.2, -0.15) is 0 Å². The van der Waals surface area contributed by atoms with Crippen LogP contribution in [0.5, 0.6) is 0 Å². The Morgan fingerprint density at radius 1 is 0.0816 bits per heavy atom. The number of benzene rings is 26. The standard InChI is InChI=1S/2C49H32.C49H34/c1-2-11-32(12-3-1)33-23-25-34(26-24-33)35-13-8-14-36(29-35)38-19-9-21-44-45-22-10-20-39(49(45)31-48(38)44)37-27-28-46-42-17-5-4-15-40(42)41-16-6-7-18-43(41)47(46)30-37;1-2-10-32(11-3-1)33-20-22-34(23-21-33)35-12-8-13-36(28-35)37-24-25-39-31-48-40(18-9-19-45(48)47(39)29-37)38-26-27-46-43-16-5-4-14-41(43)42-15-6-7-17-44(42)49(46)30-38;1-3-9-34(10-4-1)36-17-21-38(22-18-36)40-13-7-15-42(29-40)44-25-27-46-31-47-28-26-45(33-49(47)48(46)32-44)43-16-8-14-41(30-43)39-23-19-37(20-24-39)35-11-5-2-6-12-35/h2*1-30H,31H2;1-30,32-33H,31H2. The molecule has 26 aromatic rings. The Labute approximate surface area is 858 Å². The minimum Gasteiger partial charge on any atom is -0.0622 e. The summed E-state index contributed by atoms with van der Waals surface area (Å²) in [6.45, 7) is 0. The van der Waals surface area contributed by atoms with Crippen molar-refractivity contribution in [1.82, 2.24) is 0 Å². The zero-order chi connectivity index (χ0) is 97.2. The topological polar surface area (TPSA) is 0 Å². The Morgan fingerprint density at radius 2 is 0.252 bits per heavy atom. The fourth-order valence-corrected chi connectivity index (χ4v) is 23.5. The van der Waals surface area contributed by atoms with Gasteiger partial charge in [-0.05, 0) is 361 Å². The first-order valence-corrected chi connectivity index (χ1v) is 51.3. The lowest BCUT2D eigenvalue weighted by Gasteiger charge is -2.14. The van der Waals surface area contributed by atoms with Crippen molar-refractivity contribution in [2.45, 2.75) is 19.3 Å². The molecule has 0 radical (unpaired) electrons. The number of hydrogen-bond donors (Lipinski definition) is 0. The largest absolute Gasteiger partial charge is 0.0622 e. The second-order valence-electron chi connectivity index (χ2n) is 39.4. The van der Waals surface area contributed by atoms with E-state index in [9.17, 15) is 0 Å². The molecule has 0 atom stereocenters. The molecule has 29 rings (SSSR count). The first-order valence-electron chi connectivity index (χ1n) is 51.3. The summed E-state index contributed by atoms with van der Waals surface area (Å²) in [5, 5.41) is 15.8. The maximum Gasteiger partial charge on any atom is -0.000112 e. The molecule has 0 heterocycles. The second-order valence-corrected chi connectivity index (χ2v) is 39.4. The minimum atomic E-state index is 0.920. The molecule has 0 heteroatoms. The average Bonchev–Trinajstić information content (AvgIpc) is 1.71. The smallest absolute Gasteiger partial charge is 0.000112 e. The van der Waals surface area contributed by atoms with Crippen LogP contribution >= 0.6 is 0 Å². The Bertz CT molecular complexity index is 9350. The first-order chi connectivity index (χ1) is 72.8. The van der Waals surface area contributed by atoms with Gasteiger partial charge < -0.3 is 0 Å². The highest BCUT2D eigenvalue weighted by atomic mass is 14.3. The molecule has 3 aliphatic rings. The van der Waals surface area contributed by atoms with Gasteiger partial charge in [0, 0.05) is 0 Å².